The molecule has 27 heavy (non-hydrogen) atoms. The van der Waals surface area contributed by atoms with Gasteiger partial charge in [-0.3, -0.25) is 14.5 Å². The minimum absolute atomic E-state index is 0.130. The number of nitrogens with one attached hydrogen (secondary N) is 2. The predicted molar refractivity (Wildman–Crippen MR) is 106 cm³/mol. The highest BCUT2D eigenvalue weighted by Crippen LogP contribution is 2.16. The second kappa shape index (κ2) is 9.13. The van der Waals surface area contributed by atoms with Crippen LogP contribution in [0.1, 0.15) is 50.7 Å². The summed E-state index contributed by atoms with van der Waals surface area (Å²) in [5.41, 5.74) is 5.51. The van der Waals surface area contributed by atoms with E-state index in [1.165, 1.54) is 11.1 Å². The van der Waals surface area contributed by atoms with Crippen molar-refractivity contribution in [1.82, 2.24) is 15.6 Å². The fourth-order valence-corrected chi connectivity index (χ4v) is 3.73. The number of hydrogen-bond acceptors (Lipinski definition) is 4. The molecule has 2 N–H and O–H groups in total. The molecule has 1 saturated heterocycles. The Labute approximate surface area is 161 Å². The van der Waals surface area contributed by atoms with Crippen molar-refractivity contribution in [3.8, 4) is 0 Å². The van der Waals surface area contributed by atoms with Gasteiger partial charge in [0.2, 0.25) is 5.91 Å². The lowest BCUT2D eigenvalue weighted by atomic mass is 10.0. The Hall–Kier alpha value is -2.21. The van der Waals surface area contributed by atoms with Gasteiger partial charge in [0.1, 0.15) is 5.71 Å². The number of hydrogen-bond donors (Lipinski definition) is 2. The Bertz CT molecular complexity index is 697. The maximum Gasteiger partial charge on any atom is 0.267 e. The van der Waals surface area contributed by atoms with E-state index in [0.717, 1.165) is 38.9 Å². The Morgan fingerprint density at radius 3 is 2.67 bits per heavy atom. The molecule has 1 aromatic carbocycles. The number of likely N-dealkylation sites (tertiary alicyclic amines) is 1. The second-order valence-electron chi connectivity index (χ2n) is 8.06. The molecule has 2 aliphatic rings. The quantitative estimate of drug-likeness (QED) is 0.806. The third kappa shape index (κ3) is 5.89. The molecular formula is C21H30N4O2. The molecule has 0 aromatic heterocycles. The van der Waals surface area contributed by atoms with Crippen LogP contribution in [0.5, 0.6) is 0 Å². The number of hydrazone groups is 1. The monoisotopic (exact) mass is 370 g/mol. The van der Waals surface area contributed by atoms with Gasteiger partial charge in [-0.1, -0.05) is 38.1 Å². The van der Waals surface area contributed by atoms with Gasteiger partial charge in [-0.25, -0.2) is 5.43 Å². The van der Waals surface area contributed by atoms with E-state index >= 15 is 0 Å². The van der Waals surface area contributed by atoms with Crippen LogP contribution in [0.25, 0.3) is 0 Å². The Kier molecular flexibility index (Phi) is 6.61. The average molecular weight is 370 g/mol. The largest absolute Gasteiger partial charge is 0.347 e. The van der Waals surface area contributed by atoms with Crippen LogP contribution in [-0.2, 0) is 22.6 Å². The van der Waals surface area contributed by atoms with Gasteiger partial charge in [0, 0.05) is 32.0 Å². The molecule has 6 nitrogen and oxygen atoms in total. The molecule has 1 aromatic rings. The van der Waals surface area contributed by atoms with E-state index in [1.807, 2.05) is 0 Å². The third-order valence-corrected chi connectivity index (χ3v) is 5.08. The van der Waals surface area contributed by atoms with E-state index in [1.54, 1.807) is 0 Å². The summed E-state index contributed by atoms with van der Waals surface area (Å²) in [5, 5.41) is 6.97. The van der Waals surface area contributed by atoms with Gasteiger partial charge in [0.25, 0.3) is 5.91 Å². The van der Waals surface area contributed by atoms with Gasteiger partial charge in [-0.15, -0.1) is 0 Å². The zero-order chi connectivity index (χ0) is 19.2. The van der Waals surface area contributed by atoms with Crippen molar-refractivity contribution in [2.45, 2.75) is 58.5 Å². The van der Waals surface area contributed by atoms with Gasteiger partial charge < -0.3 is 5.32 Å². The van der Waals surface area contributed by atoms with Crippen LogP contribution in [-0.4, -0.2) is 41.6 Å². The molecule has 0 spiro atoms. The summed E-state index contributed by atoms with van der Waals surface area (Å²) in [5.74, 6) is 0.388. The van der Waals surface area contributed by atoms with Crippen molar-refractivity contribution < 1.29 is 9.59 Å². The first kappa shape index (κ1) is 19.5. The van der Waals surface area contributed by atoms with Crippen LogP contribution in [0.2, 0.25) is 0 Å². The van der Waals surface area contributed by atoms with Crippen LogP contribution < -0.4 is 10.7 Å². The fraction of sp³-hybridized carbons (Fsp3) is 0.571. The molecule has 0 aliphatic carbocycles. The van der Waals surface area contributed by atoms with E-state index in [-0.39, 0.29) is 17.9 Å². The van der Waals surface area contributed by atoms with Gasteiger partial charge >= 0.3 is 0 Å². The second-order valence-corrected chi connectivity index (χ2v) is 8.06. The summed E-state index contributed by atoms with van der Waals surface area (Å²) in [6.45, 7) is 7.29. The summed E-state index contributed by atoms with van der Waals surface area (Å²) in [7, 11) is 0. The highest BCUT2D eigenvalue weighted by molar-refractivity contribution is 6.39. The van der Waals surface area contributed by atoms with Crippen molar-refractivity contribution in [3.05, 3.63) is 35.4 Å². The van der Waals surface area contributed by atoms with E-state index < -0.39 is 0 Å². The van der Waals surface area contributed by atoms with E-state index in [9.17, 15) is 9.59 Å². The lowest BCUT2D eigenvalue weighted by molar-refractivity contribution is -0.121. The van der Waals surface area contributed by atoms with Crippen molar-refractivity contribution in [1.29, 1.82) is 0 Å². The van der Waals surface area contributed by atoms with E-state index in [0.29, 0.717) is 24.5 Å². The molecule has 3 rings (SSSR count). The highest BCUT2D eigenvalue weighted by Gasteiger charge is 2.24. The number of amides is 2. The molecule has 0 radical (unpaired) electrons. The zero-order valence-electron chi connectivity index (χ0n) is 16.3. The maximum atomic E-state index is 12.4. The van der Waals surface area contributed by atoms with Crippen molar-refractivity contribution in [2.24, 2.45) is 11.0 Å². The Morgan fingerprint density at radius 1 is 1.26 bits per heavy atom. The maximum absolute atomic E-state index is 12.4. The predicted octanol–water partition coefficient (Wildman–Crippen LogP) is 2.23. The van der Waals surface area contributed by atoms with Crippen LogP contribution in [0.3, 0.4) is 0 Å². The van der Waals surface area contributed by atoms with Gasteiger partial charge in [-0.05, 0) is 42.9 Å². The molecule has 2 amide bonds. The SMILES string of the molecule is CC(C)Cc1ccc(CN2CCCC(NC(=O)C3=NNC(=O)CC3)C2)cc1. The molecule has 2 aliphatic heterocycles. The Balaban J connectivity index is 1.50. The summed E-state index contributed by atoms with van der Waals surface area (Å²) < 4.78 is 0. The minimum Gasteiger partial charge on any atom is -0.347 e. The number of carbonyl (C=O) groups excluding carboxylic acids is 2. The molecule has 0 saturated carbocycles. The summed E-state index contributed by atoms with van der Waals surface area (Å²) >= 11 is 0. The van der Waals surface area contributed by atoms with Crippen LogP contribution in [0, 0.1) is 5.92 Å². The number of nitrogens with zero attached hydrogens (tertiary/aromatic N) is 2. The molecule has 1 fully saturated rings. The molecule has 0 bridgehead atoms. The van der Waals surface area contributed by atoms with E-state index in [2.05, 4.69) is 58.9 Å². The number of rotatable bonds is 6. The molecule has 1 unspecified atom stereocenters. The van der Waals surface area contributed by atoms with Crippen LogP contribution in [0.4, 0.5) is 0 Å². The molecule has 2 heterocycles. The van der Waals surface area contributed by atoms with Crippen molar-refractivity contribution in [2.75, 3.05) is 13.1 Å². The van der Waals surface area contributed by atoms with Gasteiger partial charge in [-0.2, -0.15) is 5.10 Å². The topological polar surface area (TPSA) is 73.8 Å². The Morgan fingerprint density at radius 2 is 2.00 bits per heavy atom. The van der Waals surface area contributed by atoms with E-state index in [4.69, 9.17) is 0 Å². The smallest absolute Gasteiger partial charge is 0.267 e. The number of piperidine rings is 1. The fourth-order valence-electron chi connectivity index (χ4n) is 3.73. The minimum atomic E-state index is -0.153. The summed E-state index contributed by atoms with van der Waals surface area (Å²) in [6, 6.07) is 9.03. The molecular weight excluding hydrogens is 340 g/mol. The zero-order valence-corrected chi connectivity index (χ0v) is 16.3. The standard InChI is InChI=1S/C21H30N4O2/c1-15(2)12-16-5-7-17(8-6-16)13-25-11-3-4-18(14-25)22-21(27)19-9-10-20(26)24-23-19/h5-8,15,18H,3-4,9-14H2,1-2H3,(H,22,27)(H,24,26). The van der Waals surface area contributed by atoms with Crippen molar-refractivity contribution in [3.63, 3.8) is 0 Å². The molecule has 1 atom stereocenters. The van der Waals surface area contributed by atoms with Gasteiger partial charge in [0.05, 0.1) is 0 Å². The first-order valence-electron chi connectivity index (χ1n) is 9.96. The normalized spacial score (nSPS) is 20.9. The third-order valence-electron chi connectivity index (χ3n) is 5.08. The highest BCUT2D eigenvalue weighted by atomic mass is 16.2. The lowest BCUT2D eigenvalue weighted by Crippen LogP contribution is -2.49. The molecule has 146 valence electrons. The summed E-state index contributed by atoms with van der Waals surface area (Å²) in [4.78, 5) is 25.9. The first-order valence-corrected chi connectivity index (χ1v) is 9.96. The van der Waals surface area contributed by atoms with Crippen LogP contribution >= 0.6 is 0 Å². The molecule has 6 heteroatoms. The number of carbonyl (C=O) groups is 2. The van der Waals surface area contributed by atoms with Crippen molar-refractivity contribution >= 4 is 17.5 Å². The average Bonchev–Trinajstić information content (AvgIpc) is 2.64. The van der Waals surface area contributed by atoms with Gasteiger partial charge in [0.15, 0.2) is 0 Å². The van der Waals surface area contributed by atoms with Crippen LogP contribution in [0.15, 0.2) is 29.4 Å². The lowest BCUT2D eigenvalue weighted by Gasteiger charge is -2.33. The first-order chi connectivity index (χ1) is 13.0. The summed E-state index contributed by atoms with van der Waals surface area (Å²) in [6.07, 6.45) is 3.91. The number of benzene rings is 1.